The van der Waals surface area contributed by atoms with Gasteiger partial charge in [-0.1, -0.05) is 13.8 Å². The average molecular weight is 312 g/mol. The Labute approximate surface area is 132 Å². The molecule has 4 nitrogen and oxygen atoms in total. The van der Waals surface area contributed by atoms with Crippen molar-refractivity contribution in [2.45, 2.75) is 65.1 Å². The van der Waals surface area contributed by atoms with Gasteiger partial charge in [-0.15, -0.1) is 0 Å². The van der Waals surface area contributed by atoms with Crippen LogP contribution < -0.4 is 10.6 Å². The Hall–Kier alpha value is -1.07. The molecule has 0 unspecified atom stereocenters. The summed E-state index contributed by atoms with van der Waals surface area (Å²) in [5, 5.41) is 10.7. The number of carbonyl (C=O) groups is 1. The molecule has 0 bridgehead atoms. The molecule has 0 radical (unpaired) electrons. The SMILES string of the molecule is CCC(CC)(CNCc1ccsc1)NC(=O)OC(C)(C)C. The number of carbonyl (C=O) groups excluding carboxylic acids is 1. The van der Waals surface area contributed by atoms with Crippen LogP contribution in [0.15, 0.2) is 16.8 Å². The number of hydrogen-bond acceptors (Lipinski definition) is 4. The molecule has 0 fully saturated rings. The lowest BCUT2D eigenvalue weighted by molar-refractivity contribution is 0.0446. The van der Waals surface area contributed by atoms with Crippen LogP contribution in [0.3, 0.4) is 0 Å². The first-order valence-electron chi connectivity index (χ1n) is 7.53. The molecular formula is C16H28N2O2S. The van der Waals surface area contributed by atoms with Gasteiger partial charge in [-0.05, 0) is 56.0 Å². The van der Waals surface area contributed by atoms with Gasteiger partial charge in [0.05, 0.1) is 5.54 Å². The largest absolute Gasteiger partial charge is 0.444 e. The first-order chi connectivity index (χ1) is 9.80. The number of nitrogens with one attached hydrogen (secondary N) is 2. The predicted octanol–water partition coefficient (Wildman–Crippen LogP) is 3.92. The van der Waals surface area contributed by atoms with Crippen LogP contribution in [0.2, 0.25) is 0 Å². The molecular weight excluding hydrogens is 284 g/mol. The fraction of sp³-hybridized carbons (Fsp3) is 0.688. The molecule has 0 aliphatic rings. The maximum Gasteiger partial charge on any atom is 0.408 e. The van der Waals surface area contributed by atoms with Crippen LogP contribution in [0, 0.1) is 0 Å². The minimum absolute atomic E-state index is 0.266. The van der Waals surface area contributed by atoms with Crippen LogP contribution in [-0.4, -0.2) is 23.8 Å². The lowest BCUT2D eigenvalue weighted by Gasteiger charge is -2.34. The van der Waals surface area contributed by atoms with E-state index in [9.17, 15) is 4.79 Å². The molecule has 1 aromatic heterocycles. The number of thiophene rings is 1. The van der Waals surface area contributed by atoms with Gasteiger partial charge in [0.25, 0.3) is 0 Å². The normalized spacial score (nSPS) is 12.2. The molecule has 0 saturated heterocycles. The molecule has 1 heterocycles. The van der Waals surface area contributed by atoms with E-state index in [1.54, 1.807) is 11.3 Å². The third-order valence-corrected chi connectivity index (χ3v) is 4.22. The average Bonchev–Trinajstić information content (AvgIpc) is 2.88. The standard InChI is InChI=1S/C16H28N2O2S/c1-6-16(7-2,18-14(19)20-15(3,4)5)12-17-10-13-8-9-21-11-13/h8-9,11,17H,6-7,10,12H2,1-5H3,(H,18,19). The number of amides is 1. The Bertz CT molecular complexity index is 420. The molecule has 21 heavy (non-hydrogen) atoms. The van der Waals surface area contributed by atoms with Gasteiger partial charge < -0.3 is 15.4 Å². The fourth-order valence-corrected chi connectivity index (χ4v) is 2.75. The van der Waals surface area contributed by atoms with Gasteiger partial charge in [0.1, 0.15) is 5.60 Å². The van der Waals surface area contributed by atoms with E-state index in [1.165, 1.54) is 5.56 Å². The van der Waals surface area contributed by atoms with Crippen molar-refractivity contribution in [2.24, 2.45) is 0 Å². The number of ether oxygens (including phenoxy) is 1. The maximum absolute atomic E-state index is 12.0. The van der Waals surface area contributed by atoms with E-state index in [0.29, 0.717) is 0 Å². The summed E-state index contributed by atoms with van der Waals surface area (Å²) in [6.45, 7) is 11.4. The van der Waals surface area contributed by atoms with Crippen molar-refractivity contribution in [1.29, 1.82) is 0 Å². The van der Waals surface area contributed by atoms with Crippen molar-refractivity contribution < 1.29 is 9.53 Å². The molecule has 0 spiro atoms. The van der Waals surface area contributed by atoms with Crippen LogP contribution in [-0.2, 0) is 11.3 Å². The molecule has 1 aromatic rings. The molecule has 0 aliphatic carbocycles. The molecule has 0 aliphatic heterocycles. The van der Waals surface area contributed by atoms with E-state index in [2.05, 4.69) is 41.3 Å². The van der Waals surface area contributed by atoms with Gasteiger partial charge in [-0.3, -0.25) is 0 Å². The maximum atomic E-state index is 12.0. The van der Waals surface area contributed by atoms with Crippen molar-refractivity contribution in [3.63, 3.8) is 0 Å². The van der Waals surface area contributed by atoms with Crippen LogP contribution >= 0.6 is 11.3 Å². The molecule has 1 rings (SSSR count). The van der Waals surface area contributed by atoms with Gasteiger partial charge in [0.15, 0.2) is 0 Å². The fourth-order valence-electron chi connectivity index (χ4n) is 2.08. The van der Waals surface area contributed by atoms with Crippen molar-refractivity contribution in [3.8, 4) is 0 Å². The molecule has 2 N–H and O–H groups in total. The minimum atomic E-state index is -0.471. The number of rotatable bonds is 7. The van der Waals surface area contributed by atoms with E-state index < -0.39 is 5.60 Å². The number of hydrogen-bond donors (Lipinski definition) is 2. The number of alkyl carbamates (subject to hydrolysis) is 1. The first kappa shape index (κ1) is 18.0. The molecule has 0 atom stereocenters. The summed E-state index contributed by atoms with van der Waals surface area (Å²) in [6, 6.07) is 2.11. The van der Waals surface area contributed by atoms with Gasteiger partial charge in [-0.2, -0.15) is 11.3 Å². The van der Waals surface area contributed by atoms with E-state index in [-0.39, 0.29) is 11.6 Å². The highest BCUT2D eigenvalue weighted by Gasteiger charge is 2.30. The second kappa shape index (κ2) is 7.80. The summed E-state index contributed by atoms with van der Waals surface area (Å²) in [6.07, 6.45) is 1.38. The second-order valence-corrected chi connectivity index (χ2v) is 7.13. The van der Waals surface area contributed by atoms with E-state index >= 15 is 0 Å². The Morgan fingerprint density at radius 2 is 1.95 bits per heavy atom. The lowest BCUT2D eigenvalue weighted by atomic mass is 9.93. The smallest absolute Gasteiger partial charge is 0.408 e. The second-order valence-electron chi connectivity index (χ2n) is 6.35. The van der Waals surface area contributed by atoms with Gasteiger partial charge in [-0.25, -0.2) is 4.79 Å². The highest BCUT2D eigenvalue weighted by atomic mass is 32.1. The zero-order valence-corrected chi connectivity index (χ0v) is 14.6. The third-order valence-electron chi connectivity index (χ3n) is 3.49. The van der Waals surface area contributed by atoms with Gasteiger partial charge >= 0.3 is 6.09 Å². The predicted molar refractivity (Wildman–Crippen MR) is 88.7 cm³/mol. The van der Waals surface area contributed by atoms with Gasteiger partial charge in [0.2, 0.25) is 0 Å². The van der Waals surface area contributed by atoms with Crippen molar-refractivity contribution in [3.05, 3.63) is 22.4 Å². The lowest BCUT2D eigenvalue weighted by Crippen LogP contribution is -2.55. The highest BCUT2D eigenvalue weighted by Crippen LogP contribution is 2.16. The summed E-state index contributed by atoms with van der Waals surface area (Å²) in [7, 11) is 0. The topological polar surface area (TPSA) is 50.4 Å². The zero-order chi connectivity index (χ0) is 15.9. The molecule has 0 saturated carbocycles. The Morgan fingerprint density at radius 3 is 2.43 bits per heavy atom. The first-order valence-corrected chi connectivity index (χ1v) is 8.47. The third kappa shape index (κ3) is 6.48. The summed E-state index contributed by atoms with van der Waals surface area (Å²) in [5.41, 5.74) is 0.540. The Kier molecular flexibility index (Phi) is 6.68. The Morgan fingerprint density at radius 1 is 1.29 bits per heavy atom. The molecule has 1 amide bonds. The quantitative estimate of drug-likeness (QED) is 0.802. The zero-order valence-electron chi connectivity index (χ0n) is 13.8. The molecule has 120 valence electrons. The van der Waals surface area contributed by atoms with Crippen molar-refractivity contribution in [2.75, 3.05) is 6.54 Å². The van der Waals surface area contributed by atoms with E-state index in [4.69, 9.17) is 4.74 Å². The van der Waals surface area contributed by atoms with Crippen molar-refractivity contribution in [1.82, 2.24) is 10.6 Å². The van der Waals surface area contributed by atoms with Crippen LogP contribution in [0.25, 0.3) is 0 Å². The summed E-state index contributed by atoms with van der Waals surface area (Å²) >= 11 is 1.70. The van der Waals surface area contributed by atoms with Crippen molar-refractivity contribution >= 4 is 17.4 Å². The van der Waals surface area contributed by atoms with Gasteiger partial charge in [0, 0.05) is 13.1 Å². The van der Waals surface area contributed by atoms with Crippen LogP contribution in [0.1, 0.15) is 53.0 Å². The van der Waals surface area contributed by atoms with E-state index in [0.717, 1.165) is 25.9 Å². The summed E-state index contributed by atoms with van der Waals surface area (Å²) < 4.78 is 5.37. The Balaban J connectivity index is 2.54. The highest BCUT2D eigenvalue weighted by molar-refractivity contribution is 7.07. The minimum Gasteiger partial charge on any atom is -0.444 e. The summed E-state index contributed by atoms with van der Waals surface area (Å²) in [5.74, 6) is 0. The van der Waals surface area contributed by atoms with Crippen LogP contribution in [0.4, 0.5) is 4.79 Å². The summed E-state index contributed by atoms with van der Waals surface area (Å²) in [4.78, 5) is 12.0. The van der Waals surface area contributed by atoms with Crippen LogP contribution in [0.5, 0.6) is 0 Å². The molecule has 0 aromatic carbocycles. The molecule has 5 heteroatoms. The van der Waals surface area contributed by atoms with E-state index in [1.807, 2.05) is 20.8 Å². The monoisotopic (exact) mass is 312 g/mol.